The van der Waals surface area contributed by atoms with E-state index in [2.05, 4.69) is 163 Å². The second-order valence-electron chi connectivity index (χ2n) is 13.9. The number of furan rings is 1. The number of benzene rings is 4. The number of rotatable bonds is 6. The summed E-state index contributed by atoms with van der Waals surface area (Å²) >= 11 is 0. The predicted octanol–water partition coefficient (Wildman–Crippen LogP) is 10.4. The lowest BCUT2D eigenvalue weighted by atomic mass is 9.86. The Bertz CT molecular complexity index is 1890. The molecule has 0 N–H and O–H groups in total. The molecule has 7 rings (SSSR count). The molecule has 5 aromatic rings. The van der Waals surface area contributed by atoms with Crippen LogP contribution >= 0.6 is 0 Å². The molecule has 0 bridgehead atoms. The molecule has 2 aliphatic carbocycles. The third kappa shape index (κ3) is 4.75. The molecule has 45 heavy (non-hydrogen) atoms. The van der Waals surface area contributed by atoms with Crippen molar-refractivity contribution < 1.29 is 4.42 Å². The molecule has 2 atom stereocenters. The zero-order valence-electron chi connectivity index (χ0n) is 27.3. The topological polar surface area (TPSA) is 13.1 Å². The highest BCUT2D eigenvalue weighted by Crippen LogP contribution is 2.56. The number of fused-ring (bicyclic) bond motifs is 1. The zero-order chi connectivity index (χ0) is 31.3. The first-order valence-electron chi connectivity index (χ1n) is 16.2. The zero-order valence-corrected chi connectivity index (χ0v) is 28.3. The molecule has 1 aromatic heterocycles. The molecule has 2 heteroatoms. The van der Waals surface area contributed by atoms with E-state index in [-0.39, 0.29) is 11.0 Å². The lowest BCUT2D eigenvalue weighted by molar-refractivity contribution is 0.551. The largest absolute Gasteiger partial charge is 0.465 e. The van der Waals surface area contributed by atoms with Crippen LogP contribution in [0.5, 0.6) is 0 Å². The molecule has 224 valence electrons. The molecule has 0 saturated heterocycles. The van der Waals surface area contributed by atoms with Crippen molar-refractivity contribution in [2.45, 2.75) is 58.0 Å². The Hall–Kier alpha value is -4.40. The van der Waals surface area contributed by atoms with Crippen molar-refractivity contribution in [3.8, 4) is 11.1 Å². The first-order valence-corrected chi connectivity index (χ1v) is 18.3. The predicted molar refractivity (Wildman–Crippen MR) is 194 cm³/mol. The quantitative estimate of drug-likeness (QED) is 0.176. The van der Waals surface area contributed by atoms with Gasteiger partial charge >= 0.3 is 0 Å². The van der Waals surface area contributed by atoms with E-state index in [1.165, 1.54) is 60.5 Å². The molecule has 1 heterocycles. The van der Waals surface area contributed by atoms with Crippen molar-refractivity contribution in [2.75, 3.05) is 0 Å². The minimum atomic E-state index is -2.73. The lowest BCUT2D eigenvalue weighted by Crippen LogP contribution is -2.66. The second kappa shape index (κ2) is 11.2. The van der Waals surface area contributed by atoms with Crippen molar-refractivity contribution in [1.82, 2.24) is 0 Å². The maximum Gasteiger partial charge on any atom is 0.140 e. The third-order valence-corrected chi connectivity index (χ3v) is 16.2. The Morgan fingerprint density at radius 3 is 1.80 bits per heavy atom. The Kier molecular flexibility index (Phi) is 7.29. The Labute approximate surface area is 269 Å². The summed E-state index contributed by atoms with van der Waals surface area (Å²) in [5, 5.41) is 2.91. The van der Waals surface area contributed by atoms with Crippen molar-refractivity contribution in [3.05, 3.63) is 167 Å². The summed E-state index contributed by atoms with van der Waals surface area (Å²) < 4.78 is 6.31. The van der Waals surface area contributed by atoms with Gasteiger partial charge in [0.1, 0.15) is 13.8 Å². The molecule has 0 spiro atoms. The van der Waals surface area contributed by atoms with Gasteiger partial charge in [-0.25, -0.2) is 0 Å². The molecule has 0 radical (unpaired) electrons. The van der Waals surface area contributed by atoms with Crippen LogP contribution in [0, 0.1) is 0 Å². The minimum Gasteiger partial charge on any atom is -0.465 e. The van der Waals surface area contributed by atoms with E-state index < -0.39 is 8.07 Å². The van der Waals surface area contributed by atoms with Crippen LogP contribution < -0.4 is 10.4 Å². The first kappa shape index (κ1) is 29.3. The Balaban J connectivity index is 1.56. The van der Waals surface area contributed by atoms with Crippen molar-refractivity contribution >= 4 is 30.1 Å². The van der Waals surface area contributed by atoms with Crippen molar-refractivity contribution in [1.29, 1.82) is 0 Å². The normalized spacial score (nSPS) is 18.2. The minimum absolute atomic E-state index is 0.112. The van der Waals surface area contributed by atoms with Gasteiger partial charge in [0.25, 0.3) is 0 Å². The highest BCUT2D eigenvalue weighted by atomic mass is 28.3. The fraction of sp³-hybridized carbons (Fsp3) is 0.209. The van der Waals surface area contributed by atoms with Gasteiger partial charge in [0, 0.05) is 16.7 Å². The molecular weight excluding hydrogens is 561 g/mol. The van der Waals surface area contributed by atoms with Crippen LogP contribution in [0.1, 0.15) is 69.5 Å². The smallest absolute Gasteiger partial charge is 0.140 e. The molecule has 1 nitrogen and oxygen atoms in total. The summed E-state index contributed by atoms with van der Waals surface area (Å²) in [6.07, 6.45) is 6.72. The second-order valence-corrected chi connectivity index (χ2v) is 18.0. The van der Waals surface area contributed by atoms with Gasteiger partial charge in [-0.15, -0.1) is 0 Å². The van der Waals surface area contributed by atoms with Crippen LogP contribution in [0.4, 0.5) is 0 Å². The number of hydrogen-bond acceptors (Lipinski definition) is 1. The standard InChI is InChI=1S/C43H42OSi/c1-29-27-30(2)41(31(29)3)45(34-15-9-7-10-16-34,35-17-11-8-12-18-35)42-37-20-13-19-36(32-22-24-33(25-23-32)43(4,5)6)38(37)28-39(42)40-21-14-26-44-40/h7-28,41-42H,1-6H3. The average Bonchev–Trinajstić information content (AvgIpc) is 3.78. The summed E-state index contributed by atoms with van der Waals surface area (Å²) in [5.41, 5.74) is 12.8. The van der Waals surface area contributed by atoms with Crippen molar-refractivity contribution in [3.63, 3.8) is 0 Å². The van der Waals surface area contributed by atoms with Gasteiger partial charge in [-0.3, -0.25) is 0 Å². The van der Waals surface area contributed by atoms with Crippen LogP contribution in [-0.4, -0.2) is 8.07 Å². The van der Waals surface area contributed by atoms with E-state index in [9.17, 15) is 0 Å². The van der Waals surface area contributed by atoms with E-state index in [4.69, 9.17) is 4.42 Å². The molecule has 0 saturated carbocycles. The first-order chi connectivity index (χ1) is 21.7. The van der Waals surface area contributed by atoms with Crippen LogP contribution in [0.2, 0.25) is 5.54 Å². The van der Waals surface area contributed by atoms with Gasteiger partial charge in [-0.1, -0.05) is 157 Å². The summed E-state index contributed by atoms with van der Waals surface area (Å²) in [4.78, 5) is 0. The SMILES string of the molecule is CC1=CC(C)=C(C)C1[Si](c1ccccc1)(c1ccccc1)C1C(c2ccco2)=Cc2c(-c3ccc(C(C)(C)C)cc3)cccc21. The molecule has 0 fully saturated rings. The number of allylic oxidation sites excluding steroid dienone is 5. The Morgan fingerprint density at radius 2 is 1.27 bits per heavy atom. The van der Waals surface area contributed by atoms with Gasteiger partial charge in [-0.05, 0) is 72.2 Å². The van der Waals surface area contributed by atoms with E-state index in [0.29, 0.717) is 5.54 Å². The van der Waals surface area contributed by atoms with Crippen LogP contribution in [-0.2, 0) is 5.41 Å². The lowest BCUT2D eigenvalue weighted by Gasteiger charge is -2.46. The fourth-order valence-corrected chi connectivity index (χ4v) is 14.8. The molecule has 4 aromatic carbocycles. The van der Waals surface area contributed by atoms with Crippen molar-refractivity contribution in [2.24, 2.45) is 0 Å². The van der Waals surface area contributed by atoms with Crippen LogP contribution in [0.25, 0.3) is 22.8 Å². The van der Waals surface area contributed by atoms with E-state index in [0.717, 1.165) is 5.76 Å². The van der Waals surface area contributed by atoms with Crippen LogP contribution in [0.3, 0.4) is 0 Å². The molecule has 2 unspecified atom stereocenters. The van der Waals surface area contributed by atoms with E-state index in [1.807, 2.05) is 12.3 Å². The monoisotopic (exact) mass is 602 g/mol. The molecule has 0 aliphatic heterocycles. The van der Waals surface area contributed by atoms with Gasteiger partial charge < -0.3 is 4.42 Å². The Morgan fingerprint density at radius 1 is 0.622 bits per heavy atom. The van der Waals surface area contributed by atoms with Gasteiger partial charge in [0.05, 0.1) is 6.26 Å². The van der Waals surface area contributed by atoms with Gasteiger partial charge in [0.2, 0.25) is 0 Å². The summed E-state index contributed by atoms with van der Waals surface area (Å²) in [7, 11) is -2.73. The molecular formula is C43H42OSi. The maximum atomic E-state index is 6.31. The number of hydrogen-bond donors (Lipinski definition) is 0. The fourth-order valence-electron chi connectivity index (χ4n) is 8.19. The van der Waals surface area contributed by atoms with E-state index in [1.54, 1.807) is 0 Å². The van der Waals surface area contributed by atoms with Crippen LogP contribution in [0.15, 0.2) is 149 Å². The van der Waals surface area contributed by atoms with Gasteiger partial charge in [0.15, 0.2) is 0 Å². The van der Waals surface area contributed by atoms with E-state index >= 15 is 0 Å². The summed E-state index contributed by atoms with van der Waals surface area (Å²) in [5.74, 6) is 0.965. The highest BCUT2D eigenvalue weighted by Gasteiger charge is 2.56. The van der Waals surface area contributed by atoms with Gasteiger partial charge in [-0.2, -0.15) is 0 Å². The summed E-state index contributed by atoms with van der Waals surface area (Å²) in [6.45, 7) is 13.9. The summed E-state index contributed by atoms with van der Waals surface area (Å²) in [6, 6.07) is 43.2. The highest BCUT2D eigenvalue weighted by molar-refractivity contribution is 7.06. The third-order valence-electron chi connectivity index (χ3n) is 10.3. The molecule has 0 amide bonds. The average molecular weight is 603 g/mol. The maximum absolute atomic E-state index is 6.31. The molecule has 2 aliphatic rings.